The highest BCUT2D eigenvalue weighted by Crippen LogP contribution is 2.40. The lowest BCUT2D eigenvalue weighted by Crippen LogP contribution is -1.97. The molecule has 0 aliphatic carbocycles. The van der Waals surface area contributed by atoms with Crippen molar-refractivity contribution in [1.29, 1.82) is 5.26 Å². The number of thiophene rings is 1. The van der Waals surface area contributed by atoms with E-state index in [2.05, 4.69) is 95.0 Å². The van der Waals surface area contributed by atoms with Gasteiger partial charge in [0.1, 0.15) is 10.9 Å². The van der Waals surface area contributed by atoms with E-state index in [-0.39, 0.29) is 0 Å². The van der Waals surface area contributed by atoms with Crippen LogP contribution in [-0.4, -0.2) is 9.97 Å². The molecule has 6 rings (SSSR count). The maximum Gasteiger partial charge on any atom is 0.126 e. The van der Waals surface area contributed by atoms with E-state index in [1.807, 2.05) is 6.20 Å². The molecule has 3 aromatic carbocycles. The molecule has 0 unspecified atom stereocenters. The smallest absolute Gasteiger partial charge is 0.126 e. The molecule has 0 saturated heterocycles. The molecule has 152 valence electrons. The van der Waals surface area contributed by atoms with Crippen molar-refractivity contribution in [3.05, 3.63) is 90.3 Å². The molecule has 4 nitrogen and oxygen atoms in total. The first-order chi connectivity index (χ1) is 15.7. The van der Waals surface area contributed by atoms with Gasteiger partial charge in [-0.1, -0.05) is 36.4 Å². The average molecular weight is 431 g/mol. The van der Waals surface area contributed by atoms with Gasteiger partial charge in [0.25, 0.3) is 0 Å². The van der Waals surface area contributed by atoms with Crippen LogP contribution in [0, 0.1) is 18.3 Å². The van der Waals surface area contributed by atoms with Crippen molar-refractivity contribution < 1.29 is 0 Å². The summed E-state index contributed by atoms with van der Waals surface area (Å²) in [7, 11) is 0. The van der Waals surface area contributed by atoms with Gasteiger partial charge in [-0.05, 0) is 59.2 Å². The van der Waals surface area contributed by atoms with Crippen molar-refractivity contribution in [2.45, 2.75) is 6.92 Å². The van der Waals surface area contributed by atoms with Crippen molar-refractivity contribution in [1.82, 2.24) is 9.97 Å². The summed E-state index contributed by atoms with van der Waals surface area (Å²) < 4.78 is 0. The summed E-state index contributed by atoms with van der Waals surface area (Å²) in [6, 6.07) is 25.5. The van der Waals surface area contributed by atoms with Crippen LogP contribution in [0.25, 0.3) is 42.3 Å². The summed E-state index contributed by atoms with van der Waals surface area (Å²) in [4.78, 5) is 9.87. The standard InChI is InChI=1S/C27H18N4S/c1-16-21-10-11-29-24(21)9-8-23(16)31-26-20(14-28)15-30-27-22(26)13-25(32-27)19-7-6-17-4-2-3-5-18(17)12-19/h2-13,15,29H,1H3,(H,30,31). The van der Waals surface area contributed by atoms with Gasteiger partial charge in [0.15, 0.2) is 0 Å². The number of hydrogen-bond donors (Lipinski definition) is 2. The number of benzene rings is 3. The zero-order valence-corrected chi connectivity index (χ0v) is 18.1. The number of fused-ring (bicyclic) bond motifs is 3. The molecule has 0 amide bonds. The highest BCUT2D eigenvalue weighted by atomic mass is 32.1. The van der Waals surface area contributed by atoms with Gasteiger partial charge >= 0.3 is 0 Å². The topological polar surface area (TPSA) is 64.5 Å². The number of aromatic nitrogens is 2. The van der Waals surface area contributed by atoms with Crippen LogP contribution in [0.2, 0.25) is 0 Å². The second kappa shape index (κ2) is 7.23. The Bertz CT molecular complexity index is 1680. The highest BCUT2D eigenvalue weighted by molar-refractivity contribution is 7.22. The fraction of sp³-hybridized carbons (Fsp3) is 0.0370. The van der Waals surface area contributed by atoms with E-state index in [0.29, 0.717) is 5.56 Å². The molecule has 5 heteroatoms. The summed E-state index contributed by atoms with van der Waals surface area (Å²) in [5.41, 5.74) is 5.72. The quantitative estimate of drug-likeness (QED) is 0.305. The molecule has 0 aliphatic rings. The molecular weight excluding hydrogens is 412 g/mol. The lowest BCUT2D eigenvalue weighted by atomic mass is 10.1. The number of nitrogens with one attached hydrogen (secondary N) is 2. The molecule has 0 aliphatic heterocycles. The monoisotopic (exact) mass is 430 g/mol. The summed E-state index contributed by atoms with van der Waals surface area (Å²) in [5.74, 6) is 0. The summed E-state index contributed by atoms with van der Waals surface area (Å²) in [6.07, 6.45) is 3.61. The first-order valence-corrected chi connectivity index (χ1v) is 11.2. The molecule has 0 radical (unpaired) electrons. The third-order valence-corrected chi connectivity index (χ3v) is 7.07. The van der Waals surface area contributed by atoms with Gasteiger partial charge in [-0.3, -0.25) is 0 Å². The largest absolute Gasteiger partial charge is 0.361 e. The SMILES string of the molecule is Cc1c(Nc2c(C#N)cnc3sc(-c4ccc5ccccc5c4)cc23)ccc2[nH]ccc12. The maximum atomic E-state index is 9.77. The van der Waals surface area contributed by atoms with Crippen LogP contribution < -0.4 is 5.32 Å². The van der Waals surface area contributed by atoms with E-state index in [9.17, 15) is 5.26 Å². The molecule has 0 bridgehead atoms. The van der Waals surface area contributed by atoms with Crippen LogP contribution >= 0.6 is 11.3 Å². The molecule has 0 atom stereocenters. The van der Waals surface area contributed by atoms with Crippen LogP contribution in [-0.2, 0) is 0 Å². The molecule has 0 saturated carbocycles. The fourth-order valence-electron chi connectivity index (χ4n) is 4.25. The van der Waals surface area contributed by atoms with Crippen LogP contribution in [0.5, 0.6) is 0 Å². The Morgan fingerprint density at radius 1 is 0.969 bits per heavy atom. The van der Waals surface area contributed by atoms with Gasteiger partial charge < -0.3 is 10.3 Å². The lowest BCUT2D eigenvalue weighted by Gasteiger charge is -2.12. The van der Waals surface area contributed by atoms with E-state index >= 15 is 0 Å². The summed E-state index contributed by atoms with van der Waals surface area (Å²) in [5, 5.41) is 17.9. The highest BCUT2D eigenvalue weighted by Gasteiger charge is 2.15. The minimum atomic E-state index is 0.536. The zero-order valence-electron chi connectivity index (χ0n) is 17.3. The van der Waals surface area contributed by atoms with Crippen molar-refractivity contribution in [2.75, 3.05) is 5.32 Å². The van der Waals surface area contributed by atoms with Gasteiger partial charge in [-0.15, -0.1) is 11.3 Å². The molecule has 3 aromatic heterocycles. The second-order valence-electron chi connectivity index (χ2n) is 7.85. The number of anilines is 2. The molecule has 0 fully saturated rings. The minimum absolute atomic E-state index is 0.536. The van der Waals surface area contributed by atoms with E-state index in [0.717, 1.165) is 43.1 Å². The molecule has 2 N–H and O–H groups in total. The first kappa shape index (κ1) is 18.6. The van der Waals surface area contributed by atoms with Gasteiger partial charge in [-0.2, -0.15) is 5.26 Å². The van der Waals surface area contributed by atoms with Crippen LogP contribution in [0.15, 0.2) is 79.1 Å². The van der Waals surface area contributed by atoms with E-state index in [1.165, 1.54) is 16.2 Å². The van der Waals surface area contributed by atoms with Gasteiger partial charge in [0, 0.05) is 39.2 Å². The average Bonchev–Trinajstić information content (AvgIpc) is 3.48. The molecule has 32 heavy (non-hydrogen) atoms. The minimum Gasteiger partial charge on any atom is -0.361 e. The third kappa shape index (κ3) is 2.93. The van der Waals surface area contributed by atoms with Crippen molar-refractivity contribution in [3.63, 3.8) is 0 Å². The number of aryl methyl sites for hydroxylation is 1. The molecular formula is C27H18N4S. The van der Waals surface area contributed by atoms with Gasteiger partial charge in [0.2, 0.25) is 0 Å². The number of nitriles is 1. The van der Waals surface area contributed by atoms with Crippen LogP contribution in [0.3, 0.4) is 0 Å². The number of nitrogens with zero attached hydrogens (tertiary/aromatic N) is 2. The van der Waals surface area contributed by atoms with E-state index in [1.54, 1.807) is 17.5 Å². The maximum absolute atomic E-state index is 9.77. The summed E-state index contributed by atoms with van der Waals surface area (Å²) in [6.45, 7) is 2.09. The Kier molecular flexibility index (Phi) is 4.20. The Morgan fingerprint density at radius 2 is 1.84 bits per heavy atom. The Labute approximate surface area is 188 Å². The Morgan fingerprint density at radius 3 is 2.72 bits per heavy atom. The number of hydrogen-bond acceptors (Lipinski definition) is 4. The van der Waals surface area contributed by atoms with E-state index < -0.39 is 0 Å². The zero-order chi connectivity index (χ0) is 21.7. The number of pyridine rings is 1. The molecule has 0 spiro atoms. The van der Waals surface area contributed by atoms with Crippen LogP contribution in [0.4, 0.5) is 11.4 Å². The van der Waals surface area contributed by atoms with Crippen molar-refractivity contribution in [2.24, 2.45) is 0 Å². The molecule has 3 heterocycles. The lowest BCUT2D eigenvalue weighted by molar-refractivity contribution is 1.38. The molecule has 6 aromatic rings. The number of H-pyrrole nitrogens is 1. The van der Waals surface area contributed by atoms with Crippen molar-refractivity contribution >= 4 is 54.6 Å². The Hall–Kier alpha value is -4.14. The fourth-order valence-corrected chi connectivity index (χ4v) is 5.25. The van der Waals surface area contributed by atoms with E-state index in [4.69, 9.17) is 0 Å². The number of rotatable bonds is 3. The predicted molar refractivity (Wildman–Crippen MR) is 134 cm³/mol. The van der Waals surface area contributed by atoms with Crippen LogP contribution in [0.1, 0.15) is 11.1 Å². The third-order valence-electron chi connectivity index (χ3n) is 5.98. The normalized spacial score (nSPS) is 11.2. The second-order valence-corrected chi connectivity index (χ2v) is 8.88. The Balaban J connectivity index is 1.50. The van der Waals surface area contributed by atoms with Gasteiger partial charge in [-0.25, -0.2) is 4.98 Å². The first-order valence-electron chi connectivity index (χ1n) is 10.4. The van der Waals surface area contributed by atoms with Gasteiger partial charge in [0.05, 0.1) is 11.3 Å². The van der Waals surface area contributed by atoms with Crippen molar-refractivity contribution in [3.8, 4) is 16.5 Å². The predicted octanol–water partition coefficient (Wildman–Crippen LogP) is 7.52. The number of aromatic amines is 1. The summed E-state index contributed by atoms with van der Waals surface area (Å²) >= 11 is 1.65.